The van der Waals surface area contributed by atoms with Crippen molar-refractivity contribution in [1.29, 1.82) is 0 Å². The molecule has 3 aromatic rings. The standard InChI is InChI=1S/C20H19N.H2O/c21-20(18-12-6-2-7-13-18,19-14-8-3-9-15-19)16-17-10-4-1-5-11-17;/h1-15H,16,21H2;1H2. The summed E-state index contributed by atoms with van der Waals surface area (Å²) in [7, 11) is 0. The Hall–Kier alpha value is -2.42. The molecule has 0 aliphatic heterocycles. The van der Waals surface area contributed by atoms with E-state index in [4.69, 9.17) is 5.73 Å². The normalized spacial score (nSPS) is 10.8. The van der Waals surface area contributed by atoms with Crippen molar-refractivity contribution in [3.8, 4) is 0 Å². The van der Waals surface area contributed by atoms with E-state index >= 15 is 0 Å². The first kappa shape index (κ1) is 16.0. The van der Waals surface area contributed by atoms with Crippen molar-refractivity contribution in [3.05, 3.63) is 108 Å². The Morgan fingerprint density at radius 1 is 0.591 bits per heavy atom. The summed E-state index contributed by atoms with van der Waals surface area (Å²) in [5.41, 5.74) is 9.88. The van der Waals surface area contributed by atoms with Crippen LogP contribution in [0.15, 0.2) is 91.0 Å². The summed E-state index contributed by atoms with van der Waals surface area (Å²) < 4.78 is 0. The lowest BCUT2D eigenvalue weighted by atomic mass is 9.79. The number of rotatable bonds is 4. The summed E-state index contributed by atoms with van der Waals surface area (Å²) in [6.07, 6.45) is 0.780. The van der Waals surface area contributed by atoms with E-state index in [0.29, 0.717) is 0 Å². The maximum absolute atomic E-state index is 6.87. The Labute approximate surface area is 131 Å². The van der Waals surface area contributed by atoms with Gasteiger partial charge in [0.25, 0.3) is 0 Å². The van der Waals surface area contributed by atoms with Gasteiger partial charge in [-0.2, -0.15) is 0 Å². The molecule has 2 heteroatoms. The SMILES string of the molecule is NC(Cc1ccccc1)(c1ccccc1)c1ccccc1.O. The predicted octanol–water partition coefficient (Wildman–Crippen LogP) is 3.31. The second kappa shape index (κ2) is 7.03. The van der Waals surface area contributed by atoms with E-state index in [-0.39, 0.29) is 5.48 Å². The molecular formula is C20H21NO. The summed E-state index contributed by atoms with van der Waals surface area (Å²) in [6, 6.07) is 31.1. The number of benzene rings is 3. The molecular weight excluding hydrogens is 270 g/mol. The molecule has 0 saturated heterocycles. The third-order valence-corrected chi connectivity index (χ3v) is 3.90. The minimum Gasteiger partial charge on any atom is -0.412 e. The molecule has 2 nitrogen and oxygen atoms in total. The van der Waals surface area contributed by atoms with Crippen molar-refractivity contribution >= 4 is 0 Å². The van der Waals surface area contributed by atoms with Gasteiger partial charge in [-0.3, -0.25) is 0 Å². The van der Waals surface area contributed by atoms with Gasteiger partial charge < -0.3 is 11.2 Å². The minimum absolute atomic E-state index is 0. The largest absolute Gasteiger partial charge is 0.412 e. The highest BCUT2D eigenvalue weighted by atomic mass is 16.0. The molecule has 0 fully saturated rings. The van der Waals surface area contributed by atoms with Crippen LogP contribution in [0.25, 0.3) is 0 Å². The van der Waals surface area contributed by atoms with Crippen LogP contribution in [0.5, 0.6) is 0 Å². The van der Waals surface area contributed by atoms with Crippen molar-refractivity contribution in [2.24, 2.45) is 5.73 Å². The molecule has 0 aliphatic rings. The number of hydrogen-bond donors (Lipinski definition) is 1. The van der Waals surface area contributed by atoms with E-state index < -0.39 is 5.54 Å². The van der Waals surface area contributed by atoms with E-state index in [1.165, 1.54) is 5.56 Å². The molecule has 0 aromatic heterocycles. The van der Waals surface area contributed by atoms with Crippen LogP contribution in [-0.2, 0) is 12.0 Å². The molecule has 0 radical (unpaired) electrons. The van der Waals surface area contributed by atoms with Crippen molar-refractivity contribution < 1.29 is 5.48 Å². The lowest BCUT2D eigenvalue weighted by Gasteiger charge is -2.31. The zero-order valence-corrected chi connectivity index (χ0v) is 12.4. The average Bonchev–Trinajstić information content (AvgIpc) is 2.57. The van der Waals surface area contributed by atoms with Crippen LogP contribution in [0, 0.1) is 0 Å². The fourth-order valence-corrected chi connectivity index (χ4v) is 2.76. The quantitative estimate of drug-likeness (QED) is 0.787. The van der Waals surface area contributed by atoms with Gasteiger partial charge in [0.2, 0.25) is 0 Å². The van der Waals surface area contributed by atoms with Crippen LogP contribution >= 0.6 is 0 Å². The topological polar surface area (TPSA) is 57.5 Å². The molecule has 4 N–H and O–H groups in total. The highest BCUT2D eigenvalue weighted by molar-refractivity contribution is 5.40. The molecule has 0 saturated carbocycles. The molecule has 22 heavy (non-hydrogen) atoms. The Bertz CT molecular complexity index is 641. The lowest BCUT2D eigenvalue weighted by molar-refractivity contribution is 0.535. The lowest BCUT2D eigenvalue weighted by Crippen LogP contribution is -2.40. The Morgan fingerprint density at radius 3 is 1.36 bits per heavy atom. The van der Waals surface area contributed by atoms with Crippen LogP contribution in [-0.4, -0.2) is 5.48 Å². The summed E-state index contributed by atoms with van der Waals surface area (Å²) in [5.74, 6) is 0. The van der Waals surface area contributed by atoms with Gasteiger partial charge in [0, 0.05) is 0 Å². The van der Waals surface area contributed by atoms with Crippen molar-refractivity contribution in [3.63, 3.8) is 0 Å². The van der Waals surface area contributed by atoms with Crippen molar-refractivity contribution in [1.82, 2.24) is 0 Å². The number of hydrogen-bond acceptors (Lipinski definition) is 1. The van der Waals surface area contributed by atoms with E-state index in [1.54, 1.807) is 0 Å². The fourth-order valence-electron chi connectivity index (χ4n) is 2.76. The van der Waals surface area contributed by atoms with E-state index in [0.717, 1.165) is 17.5 Å². The van der Waals surface area contributed by atoms with Gasteiger partial charge in [0.05, 0.1) is 5.54 Å². The van der Waals surface area contributed by atoms with Crippen LogP contribution in [0.3, 0.4) is 0 Å². The molecule has 3 aromatic carbocycles. The van der Waals surface area contributed by atoms with E-state index in [2.05, 4.69) is 48.5 Å². The second-order valence-corrected chi connectivity index (χ2v) is 5.37. The summed E-state index contributed by atoms with van der Waals surface area (Å²) >= 11 is 0. The molecule has 0 atom stereocenters. The molecule has 3 rings (SSSR count). The van der Waals surface area contributed by atoms with Crippen molar-refractivity contribution in [2.75, 3.05) is 0 Å². The van der Waals surface area contributed by atoms with Gasteiger partial charge in [-0.15, -0.1) is 0 Å². The zero-order valence-electron chi connectivity index (χ0n) is 12.4. The van der Waals surface area contributed by atoms with Gasteiger partial charge in [-0.1, -0.05) is 91.0 Å². The van der Waals surface area contributed by atoms with Crippen LogP contribution < -0.4 is 5.73 Å². The van der Waals surface area contributed by atoms with Gasteiger partial charge in [0.1, 0.15) is 0 Å². The van der Waals surface area contributed by atoms with Crippen LogP contribution in [0.4, 0.5) is 0 Å². The first-order valence-corrected chi connectivity index (χ1v) is 7.23. The number of nitrogens with two attached hydrogens (primary N) is 1. The average molecular weight is 291 g/mol. The van der Waals surface area contributed by atoms with Gasteiger partial charge in [0.15, 0.2) is 0 Å². The molecule has 0 heterocycles. The molecule has 0 bridgehead atoms. The minimum atomic E-state index is -0.510. The monoisotopic (exact) mass is 291 g/mol. The zero-order chi connectivity index (χ0) is 14.5. The van der Waals surface area contributed by atoms with E-state index in [1.807, 2.05) is 42.5 Å². The molecule has 112 valence electrons. The summed E-state index contributed by atoms with van der Waals surface area (Å²) in [5, 5.41) is 0. The third kappa shape index (κ3) is 3.25. The van der Waals surface area contributed by atoms with E-state index in [9.17, 15) is 0 Å². The molecule has 0 unspecified atom stereocenters. The third-order valence-electron chi connectivity index (χ3n) is 3.90. The Morgan fingerprint density at radius 2 is 0.955 bits per heavy atom. The van der Waals surface area contributed by atoms with Gasteiger partial charge in [-0.05, 0) is 23.1 Å². The molecule has 0 aliphatic carbocycles. The van der Waals surface area contributed by atoms with Crippen molar-refractivity contribution in [2.45, 2.75) is 12.0 Å². The second-order valence-electron chi connectivity index (χ2n) is 5.37. The van der Waals surface area contributed by atoms with Gasteiger partial charge in [-0.25, -0.2) is 0 Å². The smallest absolute Gasteiger partial charge is 0.0706 e. The van der Waals surface area contributed by atoms with Crippen LogP contribution in [0.2, 0.25) is 0 Å². The maximum atomic E-state index is 6.87. The predicted molar refractivity (Wildman–Crippen MR) is 91.6 cm³/mol. The molecule has 0 amide bonds. The first-order chi connectivity index (χ1) is 10.3. The maximum Gasteiger partial charge on any atom is 0.0706 e. The van der Waals surface area contributed by atoms with Gasteiger partial charge >= 0.3 is 0 Å². The highest BCUT2D eigenvalue weighted by Crippen LogP contribution is 2.30. The molecule has 0 spiro atoms. The summed E-state index contributed by atoms with van der Waals surface area (Å²) in [4.78, 5) is 0. The highest BCUT2D eigenvalue weighted by Gasteiger charge is 2.29. The fraction of sp³-hybridized carbons (Fsp3) is 0.100. The first-order valence-electron chi connectivity index (χ1n) is 7.23. The van der Waals surface area contributed by atoms with Crippen LogP contribution in [0.1, 0.15) is 16.7 Å². The summed E-state index contributed by atoms with van der Waals surface area (Å²) in [6.45, 7) is 0. The Kier molecular flexibility index (Phi) is 5.10. The Balaban J connectivity index is 0.00000176.